The molecule has 0 rings (SSSR count). The van der Waals surface area contributed by atoms with Crippen LogP contribution in [0.4, 0.5) is 0 Å². The number of methoxy groups -OCH3 is 1. The normalized spacial score (nSPS) is 11.4. The highest BCUT2D eigenvalue weighted by Gasteiger charge is 2.12. The summed E-state index contributed by atoms with van der Waals surface area (Å²) in [7, 11) is 1.78. The van der Waals surface area contributed by atoms with Crippen molar-refractivity contribution in [1.82, 2.24) is 4.90 Å². The van der Waals surface area contributed by atoms with Crippen molar-refractivity contribution in [3.05, 3.63) is 0 Å². The highest BCUT2D eigenvalue weighted by atomic mass is 16.5. The van der Waals surface area contributed by atoms with Crippen LogP contribution in [-0.4, -0.2) is 62.9 Å². The van der Waals surface area contributed by atoms with Crippen molar-refractivity contribution in [3.8, 4) is 0 Å². The molecule has 0 aromatic rings. The Balaban J connectivity index is -0.00000293. The molecular formula is C48H99NO5. The van der Waals surface area contributed by atoms with Crippen LogP contribution < -0.4 is 0 Å². The summed E-state index contributed by atoms with van der Waals surface area (Å²) in [6, 6.07) is 0. The van der Waals surface area contributed by atoms with E-state index >= 15 is 0 Å². The van der Waals surface area contributed by atoms with Gasteiger partial charge in [0.25, 0.3) is 0 Å². The molecule has 0 aliphatic heterocycles. The Labute approximate surface area is 339 Å². The molecule has 1 unspecified atom stereocenters. The maximum atomic E-state index is 12.3. The number of rotatable bonds is 39. The lowest BCUT2D eigenvalue weighted by atomic mass is 10.1. The molecule has 0 heterocycles. The molecule has 6 nitrogen and oxygen atoms in total. The number of hydrogen-bond donors (Lipinski definition) is 0. The van der Waals surface area contributed by atoms with Crippen LogP contribution in [-0.2, 0) is 23.8 Å². The molecule has 0 aromatic heterocycles. The van der Waals surface area contributed by atoms with Crippen LogP contribution in [0.15, 0.2) is 0 Å². The Morgan fingerprint density at radius 1 is 0.444 bits per heavy atom. The zero-order chi connectivity index (χ0) is 40.6. The van der Waals surface area contributed by atoms with Gasteiger partial charge in [-0.15, -0.1) is 0 Å². The zero-order valence-electron chi connectivity index (χ0n) is 38.2. The number of unbranched alkanes of at least 4 members (excludes halogenated alkanes) is 21. The fourth-order valence-electron chi connectivity index (χ4n) is 6.45. The molecule has 1 atom stereocenters. The molecule has 0 spiro atoms. The molecule has 0 bridgehead atoms. The van der Waals surface area contributed by atoms with Crippen LogP contribution in [0.2, 0.25) is 0 Å². The fourth-order valence-corrected chi connectivity index (χ4v) is 6.45. The molecule has 0 amide bonds. The number of carbonyl (C=O) groups excluding carboxylic acids is 2. The first-order chi connectivity index (χ1) is 26.4. The van der Waals surface area contributed by atoms with Crippen LogP contribution in [0, 0.1) is 0 Å². The summed E-state index contributed by atoms with van der Waals surface area (Å²) in [6.07, 6.45) is 37.4. The lowest BCUT2D eigenvalue weighted by Gasteiger charge is -2.22. The molecule has 0 N–H and O–H groups in total. The highest BCUT2D eigenvalue weighted by molar-refractivity contribution is 5.69. The lowest BCUT2D eigenvalue weighted by Crippen LogP contribution is -2.28. The number of ether oxygens (including phenoxy) is 3. The molecule has 0 saturated heterocycles. The van der Waals surface area contributed by atoms with Crippen molar-refractivity contribution in [2.75, 3.05) is 40.0 Å². The average Bonchev–Trinajstić information content (AvgIpc) is 3.16. The van der Waals surface area contributed by atoms with Gasteiger partial charge in [0.05, 0.1) is 6.61 Å². The van der Waals surface area contributed by atoms with E-state index in [2.05, 4.69) is 53.4 Å². The van der Waals surface area contributed by atoms with Crippen LogP contribution in [0.5, 0.6) is 0 Å². The van der Waals surface area contributed by atoms with Gasteiger partial charge < -0.3 is 19.1 Å². The summed E-state index contributed by atoms with van der Waals surface area (Å²) in [6.45, 7) is 20.1. The van der Waals surface area contributed by atoms with Gasteiger partial charge in [0.1, 0.15) is 6.10 Å². The summed E-state index contributed by atoms with van der Waals surface area (Å²) < 4.78 is 16.5. The second kappa shape index (κ2) is 51.9. The fraction of sp³-hybridized carbons (Fsp3) is 0.958. The first-order valence-electron chi connectivity index (χ1n) is 24.0. The summed E-state index contributed by atoms with van der Waals surface area (Å²) >= 11 is 0. The topological polar surface area (TPSA) is 65.1 Å². The Bertz CT molecular complexity index is 701. The number of nitrogens with zero attached hydrogens (tertiary/aromatic N) is 1. The highest BCUT2D eigenvalue weighted by Crippen LogP contribution is 2.15. The molecule has 0 radical (unpaired) electrons. The summed E-state index contributed by atoms with van der Waals surface area (Å²) in [5, 5.41) is 0. The predicted octanol–water partition coefficient (Wildman–Crippen LogP) is 15.0. The van der Waals surface area contributed by atoms with Crippen molar-refractivity contribution < 1.29 is 23.8 Å². The van der Waals surface area contributed by atoms with E-state index in [0.717, 1.165) is 77.6 Å². The predicted molar refractivity (Wildman–Crippen MR) is 237 cm³/mol. The molecule has 6 heteroatoms. The van der Waals surface area contributed by atoms with E-state index in [0.29, 0.717) is 19.4 Å². The Morgan fingerprint density at radius 3 is 1.31 bits per heavy atom. The quantitative estimate of drug-likeness (QED) is 0.0458. The summed E-state index contributed by atoms with van der Waals surface area (Å²) in [4.78, 5) is 26.9. The van der Waals surface area contributed by atoms with E-state index in [9.17, 15) is 9.59 Å². The second-order valence-electron chi connectivity index (χ2n) is 15.7. The van der Waals surface area contributed by atoms with Crippen molar-refractivity contribution in [2.24, 2.45) is 0 Å². The van der Waals surface area contributed by atoms with Crippen molar-refractivity contribution in [3.63, 3.8) is 0 Å². The van der Waals surface area contributed by atoms with Crippen molar-refractivity contribution >= 4 is 11.9 Å². The van der Waals surface area contributed by atoms with Crippen LogP contribution in [0.1, 0.15) is 254 Å². The average molecular weight is 770 g/mol. The van der Waals surface area contributed by atoms with Gasteiger partial charge in [-0.3, -0.25) is 9.59 Å². The minimum Gasteiger partial charge on any atom is -0.466 e. The van der Waals surface area contributed by atoms with Gasteiger partial charge in [0.2, 0.25) is 0 Å². The van der Waals surface area contributed by atoms with E-state index in [4.69, 9.17) is 14.2 Å². The summed E-state index contributed by atoms with van der Waals surface area (Å²) in [5.74, 6) is -0.0138. The van der Waals surface area contributed by atoms with Gasteiger partial charge in [0, 0.05) is 33.1 Å². The van der Waals surface area contributed by atoms with Gasteiger partial charge in [-0.2, -0.15) is 0 Å². The minimum absolute atomic E-state index is 0.000821. The van der Waals surface area contributed by atoms with Crippen LogP contribution in [0.3, 0.4) is 0 Å². The Hall–Kier alpha value is -1.14. The molecule has 54 heavy (non-hydrogen) atoms. The van der Waals surface area contributed by atoms with E-state index < -0.39 is 0 Å². The minimum atomic E-state index is -0.0147. The zero-order valence-corrected chi connectivity index (χ0v) is 38.2. The van der Waals surface area contributed by atoms with Gasteiger partial charge in [-0.1, -0.05) is 183 Å². The van der Waals surface area contributed by atoms with Crippen molar-refractivity contribution in [1.29, 1.82) is 0 Å². The standard InChI is InChI=1S/C40H79NO5.C5H12.C3H8/c1-5-8-10-12-14-22-28-37-45-39(42)31-24-18-15-20-26-33-41(35-29-36-44-4)34-27-21-16-19-25-32-40(43)46-38(7-3)30-23-17-13-11-9-6-2;1-3-5-4-2;1-3-2/h38H,5-37H2,1-4H3;3-5H2,1-2H3;3H2,1-2H3. The maximum Gasteiger partial charge on any atom is 0.306 e. The monoisotopic (exact) mass is 770 g/mol. The third kappa shape index (κ3) is 50.9. The van der Waals surface area contributed by atoms with E-state index in [1.807, 2.05) is 0 Å². The molecule has 0 aliphatic rings. The summed E-state index contributed by atoms with van der Waals surface area (Å²) in [5.41, 5.74) is 0. The Morgan fingerprint density at radius 2 is 0.852 bits per heavy atom. The molecule has 0 aromatic carbocycles. The van der Waals surface area contributed by atoms with Crippen LogP contribution in [0.25, 0.3) is 0 Å². The lowest BCUT2D eigenvalue weighted by molar-refractivity contribution is -0.149. The molecule has 0 saturated carbocycles. The van der Waals surface area contributed by atoms with E-state index in [1.165, 1.54) is 141 Å². The largest absolute Gasteiger partial charge is 0.466 e. The maximum absolute atomic E-state index is 12.3. The smallest absolute Gasteiger partial charge is 0.306 e. The molecule has 0 fully saturated rings. The van der Waals surface area contributed by atoms with Gasteiger partial charge >= 0.3 is 11.9 Å². The third-order valence-electron chi connectivity index (χ3n) is 9.88. The van der Waals surface area contributed by atoms with Gasteiger partial charge in [0.15, 0.2) is 0 Å². The first kappa shape index (κ1) is 57.2. The molecular weight excluding hydrogens is 671 g/mol. The van der Waals surface area contributed by atoms with Gasteiger partial charge in [-0.25, -0.2) is 0 Å². The number of hydrogen-bond acceptors (Lipinski definition) is 6. The van der Waals surface area contributed by atoms with E-state index in [-0.39, 0.29) is 18.0 Å². The van der Waals surface area contributed by atoms with Crippen molar-refractivity contribution in [2.45, 2.75) is 260 Å². The molecule has 326 valence electrons. The number of esters is 2. The van der Waals surface area contributed by atoms with E-state index in [1.54, 1.807) is 7.11 Å². The SMILES string of the molecule is CCC.CCCCC.CCCCCCCCCOC(=O)CCCCCCCN(CCCCCCCC(=O)OC(CC)CCCCCCCC)CCCOC. The Kier molecular flexibility index (Phi) is 54.9. The van der Waals surface area contributed by atoms with Crippen LogP contribution >= 0.6 is 0 Å². The molecule has 0 aliphatic carbocycles. The second-order valence-corrected chi connectivity index (χ2v) is 15.7. The first-order valence-corrected chi connectivity index (χ1v) is 24.0. The number of carbonyl (C=O) groups is 2. The third-order valence-corrected chi connectivity index (χ3v) is 9.88. The van der Waals surface area contributed by atoms with Gasteiger partial charge in [-0.05, 0) is 70.9 Å².